The van der Waals surface area contributed by atoms with E-state index >= 15 is 0 Å². The zero-order chi connectivity index (χ0) is 17.7. The van der Waals surface area contributed by atoms with Crippen molar-refractivity contribution in [2.45, 2.75) is 72.3 Å². The van der Waals surface area contributed by atoms with Gasteiger partial charge in [0.1, 0.15) is 5.60 Å². The molecule has 5 fully saturated rings. The highest BCUT2D eigenvalue weighted by Gasteiger charge is 2.70. The Hall–Kier alpha value is -0.530. The van der Waals surface area contributed by atoms with Crippen LogP contribution in [0.25, 0.3) is 0 Å². The first-order chi connectivity index (χ1) is 11.8. The van der Waals surface area contributed by atoms with Crippen LogP contribution in [0.3, 0.4) is 0 Å². The Morgan fingerprint density at radius 2 is 1.64 bits per heavy atom. The van der Waals surface area contributed by atoms with Gasteiger partial charge in [0.15, 0.2) is 0 Å². The van der Waals surface area contributed by atoms with Crippen LogP contribution in [0.5, 0.6) is 0 Å². The van der Waals surface area contributed by atoms with Crippen molar-refractivity contribution in [3.63, 3.8) is 0 Å². The molecule has 0 aromatic carbocycles. The quantitative estimate of drug-likeness (QED) is 0.510. The number of rotatable bonds is 2. The zero-order valence-corrected chi connectivity index (χ0v) is 16.7. The smallest absolute Gasteiger partial charge is 0.309 e. The van der Waals surface area contributed by atoms with Gasteiger partial charge in [0.2, 0.25) is 0 Å². The lowest BCUT2D eigenvalue weighted by Gasteiger charge is -2.45. The lowest BCUT2D eigenvalue weighted by atomic mass is 9.60. The van der Waals surface area contributed by atoms with Crippen molar-refractivity contribution in [2.75, 3.05) is 0 Å². The number of ether oxygens (including phenoxy) is 1. The third-order valence-corrected chi connectivity index (χ3v) is 9.21. The molecule has 2 heteroatoms. The van der Waals surface area contributed by atoms with Crippen LogP contribution in [0.15, 0.2) is 0 Å². The highest BCUT2D eigenvalue weighted by atomic mass is 16.6. The van der Waals surface area contributed by atoms with Crippen molar-refractivity contribution in [1.82, 2.24) is 0 Å². The molecule has 0 saturated heterocycles. The van der Waals surface area contributed by atoms with E-state index in [-0.39, 0.29) is 17.5 Å². The maximum absolute atomic E-state index is 12.8. The van der Waals surface area contributed by atoms with Crippen LogP contribution in [-0.2, 0) is 9.53 Å². The highest BCUT2D eigenvalue weighted by molar-refractivity contribution is 5.74. The fraction of sp³-hybridized carbons (Fsp3) is 0.957. The van der Waals surface area contributed by atoms with E-state index in [0.717, 1.165) is 59.7 Å². The number of fused-ring (bicyclic) bond motifs is 12. The summed E-state index contributed by atoms with van der Waals surface area (Å²) in [6, 6.07) is 0. The second-order valence-electron chi connectivity index (χ2n) is 11.3. The molecule has 0 N–H and O–H groups in total. The van der Waals surface area contributed by atoms with Crippen LogP contribution in [0.4, 0.5) is 0 Å². The van der Waals surface area contributed by atoms with Gasteiger partial charge in [0.05, 0.1) is 5.92 Å². The lowest BCUT2D eigenvalue weighted by molar-refractivity contribution is -0.164. The highest BCUT2D eigenvalue weighted by Crippen LogP contribution is 2.75. The Kier molecular flexibility index (Phi) is 3.50. The van der Waals surface area contributed by atoms with E-state index in [2.05, 4.69) is 13.8 Å². The van der Waals surface area contributed by atoms with Gasteiger partial charge in [-0.05, 0) is 106 Å². The van der Waals surface area contributed by atoms with E-state index in [4.69, 9.17) is 4.74 Å². The number of carbonyl (C=O) groups excluding carboxylic acids is 1. The third-order valence-electron chi connectivity index (χ3n) is 9.21. The summed E-state index contributed by atoms with van der Waals surface area (Å²) < 4.78 is 5.81. The fourth-order valence-electron chi connectivity index (χ4n) is 9.06. The van der Waals surface area contributed by atoms with Gasteiger partial charge in [0, 0.05) is 0 Å². The maximum Gasteiger partial charge on any atom is 0.309 e. The molecule has 0 aliphatic heterocycles. The van der Waals surface area contributed by atoms with Crippen LogP contribution < -0.4 is 0 Å². The predicted octanol–water partition coefficient (Wildman–Crippen LogP) is 5.16. The molecule has 5 saturated carbocycles. The molecule has 5 rings (SSSR count). The van der Waals surface area contributed by atoms with Crippen LogP contribution >= 0.6 is 0 Å². The largest absolute Gasteiger partial charge is 0.460 e. The van der Waals surface area contributed by atoms with E-state index < -0.39 is 0 Å². The SMILES string of the molecule is CCC1CC(C)C2C3CC(C12)C1C2CC(CC2C(=O)OC(C)(C)C)C31. The van der Waals surface area contributed by atoms with Crippen molar-refractivity contribution >= 4 is 5.97 Å². The van der Waals surface area contributed by atoms with Crippen molar-refractivity contribution in [3.8, 4) is 0 Å². The predicted molar refractivity (Wildman–Crippen MR) is 98.7 cm³/mol. The summed E-state index contributed by atoms with van der Waals surface area (Å²) in [5.41, 5.74) is -0.341. The molecular formula is C23H36O2. The number of hydrogen-bond acceptors (Lipinski definition) is 2. The van der Waals surface area contributed by atoms with Gasteiger partial charge in [0.25, 0.3) is 0 Å². The summed E-state index contributed by atoms with van der Waals surface area (Å²) >= 11 is 0. The van der Waals surface area contributed by atoms with Crippen molar-refractivity contribution in [1.29, 1.82) is 0 Å². The molecule has 11 unspecified atom stereocenters. The number of carbonyl (C=O) groups is 1. The summed E-state index contributed by atoms with van der Waals surface area (Å²) in [7, 11) is 0. The topological polar surface area (TPSA) is 26.3 Å². The Balaban J connectivity index is 1.39. The molecule has 0 spiro atoms. The summed E-state index contributed by atoms with van der Waals surface area (Å²) in [5, 5.41) is 0. The summed E-state index contributed by atoms with van der Waals surface area (Å²) in [6.07, 6.45) is 6.81. The molecule has 2 nitrogen and oxygen atoms in total. The number of hydrogen-bond donors (Lipinski definition) is 0. The molecule has 11 atom stereocenters. The summed E-state index contributed by atoms with van der Waals surface area (Å²) in [5.74, 6) is 9.51. The van der Waals surface area contributed by atoms with Crippen molar-refractivity contribution in [2.24, 2.45) is 65.1 Å². The molecule has 25 heavy (non-hydrogen) atoms. The van der Waals surface area contributed by atoms with E-state index in [1.807, 2.05) is 20.8 Å². The third kappa shape index (κ3) is 2.18. The second kappa shape index (κ2) is 5.26. The maximum atomic E-state index is 12.8. The molecule has 0 aromatic rings. The number of esters is 1. The normalized spacial score (nSPS) is 55.5. The Labute approximate surface area is 153 Å². The minimum absolute atomic E-state index is 0.115. The molecule has 5 aliphatic carbocycles. The first-order valence-electron chi connectivity index (χ1n) is 11.0. The summed E-state index contributed by atoms with van der Waals surface area (Å²) in [6.45, 7) is 11.0. The van der Waals surface area contributed by atoms with E-state index in [9.17, 15) is 4.79 Å². The summed E-state index contributed by atoms with van der Waals surface area (Å²) in [4.78, 5) is 12.8. The standard InChI is InChI=1S/C23H36O2/c1-6-12-7-11(2)18-16-10-17(19(12)18)21-14-8-13(20(16)21)9-15(14)22(24)25-23(3,4)5/h11-21H,6-10H2,1-5H3. The average Bonchev–Trinajstić information content (AvgIpc) is 3.28. The van der Waals surface area contributed by atoms with Gasteiger partial charge in [-0.2, -0.15) is 0 Å². The van der Waals surface area contributed by atoms with Gasteiger partial charge in [-0.3, -0.25) is 4.79 Å². The minimum Gasteiger partial charge on any atom is -0.460 e. The molecule has 5 aliphatic rings. The van der Waals surface area contributed by atoms with Gasteiger partial charge in [-0.1, -0.05) is 20.3 Å². The first-order valence-corrected chi connectivity index (χ1v) is 11.0. The van der Waals surface area contributed by atoms with E-state index in [1.54, 1.807) is 0 Å². The fourth-order valence-corrected chi connectivity index (χ4v) is 9.06. The van der Waals surface area contributed by atoms with E-state index in [0.29, 0.717) is 5.92 Å². The van der Waals surface area contributed by atoms with Crippen molar-refractivity contribution < 1.29 is 9.53 Å². The van der Waals surface area contributed by atoms with Crippen LogP contribution in [0.1, 0.15) is 66.7 Å². The van der Waals surface area contributed by atoms with Crippen LogP contribution in [-0.4, -0.2) is 11.6 Å². The van der Waals surface area contributed by atoms with Crippen molar-refractivity contribution in [3.05, 3.63) is 0 Å². The Morgan fingerprint density at radius 1 is 0.920 bits per heavy atom. The molecule has 0 aromatic heterocycles. The van der Waals surface area contributed by atoms with Gasteiger partial charge < -0.3 is 4.74 Å². The lowest BCUT2D eigenvalue weighted by Crippen LogP contribution is -2.43. The Morgan fingerprint density at radius 3 is 2.32 bits per heavy atom. The monoisotopic (exact) mass is 344 g/mol. The van der Waals surface area contributed by atoms with Gasteiger partial charge >= 0.3 is 5.97 Å². The molecule has 0 heterocycles. The van der Waals surface area contributed by atoms with Crippen LogP contribution in [0.2, 0.25) is 0 Å². The molecule has 0 amide bonds. The second-order valence-corrected chi connectivity index (χ2v) is 11.3. The minimum atomic E-state index is -0.341. The molecule has 0 radical (unpaired) electrons. The van der Waals surface area contributed by atoms with Crippen LogP contribution in [0, 0.1) is 65.1 Å². The molecule has 4 bridgehead atoms. The average molecular weight is 345 g/mol. The van der Waals surface area contributed by atoms with Gasteiger partial charge in [-0.15, -0.1) is 0 Å². The molecular weight excluding hydrogens is 308 g/mol. The molecule has 140 valence electrons. The van der Waals surface area contributed by atoms with E-state index in [1.165, 1.54) is 25.7 Å². The zero-order valence-electron chi connectivity index (χ0n) is 16.7. The van der Waals surface area contributed by atoms with Gasteiger partial charge in [-0.25, -0.2) is 0 Å². The Bertz CT molecular complexity index is 575. The first kappa shape index (κ1) is 16.6.